The number of amides is 2. The van der Waals surface area contributed by atoms with E-state index in [2.05, 4.69) is 15.8 Å². The number of para-hydroxylation sites is 1. The van der Waals surface area contributed by atoms with E-state index in [0.29, 0.717) is 17.8 Å². The second kappa shape index (κ2) is 6.53. The zero-order valence-electron chi connectivity index (χ0n) is 12.0. The Hall–Kier alpha value is -2.47. The Kier molecular flexibility index (Phi) is 4.29. The van der Waals surface area contributed by atoms with Crippen LogP contribution in [-0.2, 0) is 6.54 Å². The molecule has 6 heteroatoms. The van der Waals surface area contributed by atoms with Gasteiger partial charge in [-0.15, -0.1) is 11.8 Å². The van der Waals surface area contributed by atoms with Crippen molar-refractivity contribution in [2.24, 2.45) is 0 Å². The standard InChI is InChI=1S/C16H15N3O2S/c1-22-12-6-4-5-11(9-12)18-16(20)17-10-14-13-7-2-3-8-15(13)21-19-14/h2-9H,10H2,1H3,(H2,17,18,20). The minimum absolute atomic E-state index is 0.273. The van der Waals surface area contributed by atoms with E-state index in [0.717, 1.165) is 16.0 Å². The molecule has 2 aromatic carbocycles. The van der Waals surface area contributed by atoms with Gasteiger partial charge < -0.3 is 15.2 Å². The van der Waals surface area contributed by atoms with Crippen molar-refractivity contribution in [3.05, 3.63) is 54.2 Å². The molecule has 0 spiro atoms. The summed E-state index contributed by atoms with van der Waals surface area (Å²) in [6, 6.07) is 15.0. The van der Waals surface area contributed by atoms with Crippen LogP contribution in [0.5, 0.6) is 0 Å². The molecule has 2 N–H and O–H groups in total. The van der Waals surface area contributed by atoms with Crippen LogP contribution in [0, 0.1) is 0 Å². The molecule has 0 bridgehead atoms. The molecule has 1 heterocycles. The second-order valence-corrected chi connectivity index (χ2v) is 5.54. The zero-order valence-corrected chi connectivity index (χ0v) is 12.8. The van der Waals surface area contributed by atoms with Crippen molar-refractivity contribution in [2.45, 2.75) is 11.4 Å². The van der Waals surface area contributed by atoms with Gasteiger partial charge in [-0.2, -0.15) is 0 Å². The highest BCUT2D eigenvalue weighted by Gasteiger charge is 2.09. The third kappa shape index (κ3) is 3.23. The van der Waals surface area contributed by atoms with Gasteiger partial charge in [0.25, 0.3) is 0 Å². The predicted molar refractivity (Wildman–Crippen MR) is 88.1 cm³/mol. The lowest BCUT2D eigenvalue weighted by molar-refractivity contribution is 0.251. The number of benzene rings is 2. The van der Waals surface area contributed by atoms with Crippen LogP contribution in [0.1, 0.15) is 5.69 Å². The molecular formula is C16H15N3O2S. The largest absolute Gasteiger partial charge is 0.356 e. The lowest BCUT2D eigenvalue weighted by Crippen LogP contribution is -2.28. The molecule has 22 heavy (non-hydrogen) atoms. The van der Waals surface area contributed by atoms with E-state index in [4.69, 9.17) is 4.52 Å². The molecule has 2 amide bonds. The fourth-order valence-corrected chi connectivity index (χ4v) is 2.57. The van der Waals surface area contributed by atoms with Crippen molar-refractivity contribution >= 4 is 34.4 Å². The molecule has 3 rings (SSSR count). The van der Waals surface area contributed by atoms with E-state index >= 15 is 0 Å². The van der Waals surface area contributed by atoms with Crippen molar-refractivity contribution < 1.29 is 9.32 Å². The topological polar surface area (TPSA) is 67.2 Å². The van der Waals surface area contributed by atoms with Crippen LogP contribution in [0.2, 0.25) is 0 Å². The van der Waals surface area contributed by atoms with Gasteiger partial charge in [0.2, 0.25) is 0 Å². The number of aromatic nitrogens is 1. The summed E-state index contributed by atoms with van der Waals surface area (Å²) in [4.78, 5) is 13.1. The number of thioether (sulfide) groups is 1. The van der Waals surface area contributed by atoms with Gasteiger partial charge in [-0.1, -0.05) is 23.4 Å². The number of nitrogens with zero attached hydrogens (tertiary/aromatic N) is 1. The molecule has 1 aromatic heterocycles. The normalized spacial score (nSPS) is 10.6. The van der Waals surface area contributed by atoms with Crippen LogP contribution in [0.15, 0.2) is 57.9 Å². The molecular weight excluding hydrogens is 298 g/mol. The number of fused-ring (bicyclic) bond motifs is 1. The van der Waals surface area contributed by atoms with Crippen molar-refractivity contribution in [1.82, 2.24) is 10.5 Å². The van der Waals surface area contributed by atoms with Crippen LogP contribution in [0.4, 0.5) is 10.5 Å². The molecule has 0 aliphatic rings. The lowest BCUT2D eigenvalue weighted by atomic mass is 10.2. The van der Waals surface area contributed by atoms with Gasteiger partial charge in [-0.3, -0.25) is 0 Å². The first-order valence-electron chi connectivity index (χ1n) is 6.78. The van der Waals surface area contributed by atoms with Crippen molar-refractivity contribution in [3.63, 3.8) is 0 Å². The summed E-state index contributed by atoms with van der Waals surface area (Å²) in [5.41, 5.74) is 2.19. The summed E-state index contributed by atoms with van der Waals surface area (Å²) in [5, 5.41) is 10.5. The first kappa shape index (κ1) is 14.5. The fraction of sp³-hybridized carbons (Fsp3) is 0.125. The predicted octanol–water partition coefficient (Wildman–Crippen LogP) is 3.87. The number of hydrogen-bond donors (Lipinski definition) is 2. The molecule has 0 saturated carbocycles. The van der Waals surface area contributed by atoms with Crippen LogP contribution in [0.3, 0.4) is 0 Å². The van der Waals surface area contributed by atoms with Crippen LogP contribution < -0.4 is 10.6 Å². The summed E-state index contributed by atoms with van der Waals surface area (Å²) in [7, 11) is 0. The minimum atomic E-state index is -0.273. The lowest BCUT2D eigenvalue weighted by Gasteiger charge is -2.07. The molecule has 0 fully saturated rings. The highest BCUT2D eigenvalue weighted by Crippen LogP contribution is 2.19. The van der Waals surface area contributed by atoms with Crippen LogP contribution >= 0.6 is 11.8 Å². The summed E-state index contributed by atoms with van der Waals surface area (Å²) in [5.74, 6) is 0. The Morgan fingerprint density at radius 3 is 2.95 bits per heavy atom. The van der Waals surface area contributed by atoms with Gasteiger partial charge in [0.05, 0.1) is 6.54 Å². The molecule has 0 unspecified atom stereocenters. The smallest absolute Gasteiger partial charge is 0.319 e. The Bertz CT molecular complexity index is 801. The maximum Gasteiger partial charge on any atom is 0.319 e. The summed E-state index contributed by atoms with van der Waals surface area (Å²) in [6.07, 6.45) is 1.99. The number of hydrogen-bond acceptors (Lipinski definition) is 4. The van der Waals surface area contributed by atoms with Crippen molar-refractivity contribution in [1.29, 1.82) is 0 Å². The molecule has 112 valence electrons. The number of rotatable bonds is 4. The second-order valence-electron chi connectivity index (χ2n) is 4.67. The van der Waals surface area contributed by atoms with Gasteiger partial charge in [0.1, 0.15) is 5.69 Å². The number of carbonyl (C=O) groups is 1. The number of carbonyl (C=O) groups excluding carboxylic acids is 1. The zero-order chi connectivity index (χ0) is 15.4. The van der Waals surface area contributed by atoms with Crippen molar-refractivity contribution in [3.8, 4) is 0 Å². The molecule has 5 nitrogen and oxygen atoms in total. The molecule has 0 aliphatic carbocycles. The van der Waals surface area contributed by atoms with Gasteiger partial charge in [0, 0.05) is 16.0 Å². The molecule has 0 saturated heterocycles. The average molecular weight is 313 g/mol. The minimum Gasteiger partial charge on any atom is -0.356 e. The Morgan fingerprint density at radius 2 is 2.09 bits per heavy atom. The van der Waals surface area contributed by atoms with Crippen LogP contribution in [-0.4, -0.2) is 17.4 Å². The molecule has 0 atom stereocenters. The van der Waals surface area contributed by atoms with E-state index in [1.54, 1.807) is 11.8 Å². The Morgan fingerprint density at radius 1 is 1.23 bits per heavy atom. The van der Waals surface area contributed by atoms with Gasteiger partial charge >= 0.3 is 6.03 Å². The van der Waals surface area contributed by atoms with E-state index in [1.165, 1.54) is 0 Å². The van der Waals surface area contributed by atoms with Gasteiger partial charge in [0.15, 0.2) is 5.58 Å². The first-order valence-corrected chi connectivity index (χ1v) is 8.01. The van der Waals surface area contributed by atoms with Crippen LogP contribution in [0.25, 0.3) is 11.0 Å². The van der Waals surface area contributed by atoms with E-state index < -0.39 is 0 Å². The summed E-state index contributed by atoms with van der Waals surface area (Å²) >= 11 is 1.63. The SMILES string of the molecule is CSc1cccc(NC(=O)NCc2noc3ccccc23)c1. The molecule has 0 radical (unpaired) electrons. The van der Waals surface area contributed by atoms with E-state index in [-0.39, 0.29) is 6.03 Å². The average Bonchev–Trinajstić information content (AvgIpc) is 2.96. The number of anilines is 1. The monoisotopic (exact) mass is 313 g/mol. The van der Waals surface area contributed by atoms with E-state index in [1.807, 2.05) is 54.8 Å². The quantitative estimate of drug-likeness (QED) is 0.718. The number of nitrogens with one attached hydrogen (secondary N) is 2. The third-order valence-corrected chi connectivity index (χ3v) is 3.92. The number of urea groups is 1. The van der Waals surface area contributed by atoms with E-state index in [9.17, 15) is 4.79 Å². The molecule has 0 aliphatic heterocycles. The Labute approximate surface area is 132 Å². The first-order chi connectivity index (χ1) is 10.8. The molecule has 3 aromatic rings. The van der Waals surface area contributed by atoms with Gasteiger partial charge in [-0.25, -0.2) is 4.79 Å². The third-order valence-electron chi connectivity index (χ3n) is 3.20. The maximum absolute atomic E-state index is 12.0. The van der Waals surface area contributed by atoms with Crippen molar-refractivity contribution in [2.75, 3.05) is 11.6 Å². The highest BCUT2D eigenvalue weighted by atomic mass is 32.2. The highest BCUT2D eigenvalue weighted by molar-refractivity contribution is 7.98. The fourth-order valence-electron chi connectivity index (χ4n) is 2.11. The van der Waals surface area contributed by atoms with Gasteiger partial charge in [-0.05, 0) is 36.6 Å². The summed E-state index contributed by atoms with van der Waals surface area (Å²) < 4.78 is 5.21. The Balaban J connectivity index is 1.62. The summed E-state index contributed by atoms with van der Waals surface area (Å²) in [6.45, 7) is 0.311. The maximum atomic E-state index is 12.0.